The molecule has 0 bridgehead atoms. The zero-order valence-electron chi connectivity index (χ0n) is 43.6. The van der Waals surface area contributed by atoms with Gasteiger partial charge in [-0.1, -0.05) is 221 Å². The molecule has 67 heavy (non-hydrogen) atoms. The second-order valence-corrected chi connectivity index (χ2v) is 18.1. The van der Waals surface area contributed by atoms with Crippen molar-refractivity contribution in [3.05, 3.63) is 97.2 Å². The van der Waals surface area contributed by atoms with Gasteiger partial charge in [0.1, 0.15) is 13.2 Å². The van der Waals surface area contributed by atoms with Gasteiger partial charge in [0, 0.05) is 19.3 Å². The van der Waals surface area contributed by atoms with Crippen LogP contribution in [0.25, 0.3) is 0 Å². The van der Waals surface area contributed by atoms with Gasteiger partial charge in [0.2, 0.25) is 0 Å². The molecule has 6 heteroatoms. The van der Waals surface area contributed by atoms with Crippen LogP contribution in [-0.2, 0) is 28.6 Å². The minimum Gasteiger partial charge on any atom is -0.462 e. The third kappa shape index (κ3) is 53.2. The molecule has 0 aromatic carbocycles. The SMILES string of the molecule is CC/C=C\C/C=C\C/C=C\C/C=C\C/C=C\C/C=C\CCC(=O)OCC(COC(=O)CCCCCCC/C=C\CCCCC)OC(=O)CCCCCCC/C=C\CCCCCCCCCCC. The van der Waals surface area contributed by atoms with Crippen LogP contribution < -0.4 is 0 Å². The molecule has 6 nitrogen and oxygen atoms in total. The third-order valence-electron chi connectivity index (χ3n) is 11.6. The molecule has 0 aliphatic heterocycles. The minimum absolute atomic E-state index is 0.109. The highest BCUT2D eigenvalue weighted by atomic mass is 16.6. The molecule has 0 spiro atoms. The Morgan fingerprint density at radius 2 is 0.612 bits per heavy atom. The van der Waals surface area contributed by atoms with E-state index in [2.05, 4.69) is 112 Å². The maximum Gasteiger partial charge on any atom is 0.306 e. The molecule has 0 rings (SSSR count). The molecular weight excluding hydrogens is 829 g/mol. The number of esters is 3. The first-order valence-electron chi connectivity index (χ1n) is 27.7. The van der Waals surface area contributed by atoms with Gasteiger partial charge in [-0.05, 0) is 109 Å². The lowest BCUT2D eigenvalue weighted by Gasteiger charge is -2.18. The first-order chi connectivity index (χ1) is 33.0. The standard InChI is InChI=1S/C61H102O6/c1-4-7-10-13-16-19-22-25-27-29-31-33-34-36-39-42-45-48-51-54-60(63)66-57-58(56-65-59(62)53-50-47-44-41-38-24-21-18-15-12-9-6-3)67-61(64)55-52-49-46-43-40-37-35-32-30-28-26-23-20-17-14-11-8-5-2/h7,10,16,18-19,21,25,27,31-33,35-36,39,45,48,58H,4-6,8-9,11-15,17,20,22-24,26,28-30,34,37-38,40-44,46-47,49-57H2,1-3H3/b10-7-,19-16-,21-18-,27-25-,33-31-,35-32-,39-36-,48-45-. The van der Waals surface area contributed by atoms with Crippen LogP contribution in [0.1, 0.15) is 252 Å². The molecule has 0 radical (unpaired) electrons. The van der Waals surface area contributed by atoms with E-state index in [1.54, 1.807) is 0 Å². The van der Waals surface area contributed by atoms with Gasteiger partial charge in [-0.15, -0.1) is 0 Å². The van der Waals surface area contributed by atoms with Gasteiger partial charge in [-0.2, -0.15) is 0 Å². The molecule has 1 atom stereocenters. The molecule has 0 fully saturated rings. The average molecular weight is 931 g/mol. The number of carbonyl (C=O) groups excluding carboxylic acids is 3. The Morgan fingerprint density at radius 1 is 0.313 bits per heavy atom. The summed E-state index contributed by atoms with van der Waals surface area (Å²) < 4.78 is 16.7. The fraction of sp³-hybridized carbons (Fsp3) is 0.689. The highest BCUT2D eigenvalue weighted by molar-refractivity contribution is 5.71. The van der Waals surface area contributed by atoms with Crippen LogP contribution in [0, 0.1) is 0 Å². The van der Waals surface area contributed by atoms with Crippen LogP contribution in [0.2, 0.25) is 0 Å². The van der Waals surface area contributed by atoms with Crippen molar-refractivity contribution in [2.24, 2.45) is 0 Å². The first kappa shape index (κ1) is 63.3. The highest BCUT2D eigenvalue weighted by Crippen LogP contribution is 2.14. The summed E-state index contributed by atoms with van der Waals surface area (Å²) in [7, 11) is 0. The summed E-state index contributed by atoms with van der Waals surface area (Å²) in [5.41, 5.74) is 0. The number of unbranched alkanes of at least 4 members (excludes halogenated alkanes) is 22. The smallest absolute Gasteiger partial charge is 0.306 e. The van der Waals surface area contributed by atoms with Crippen molar-refractivity contribution < 1.29 is 28.6 Å². The molecule has 0 saturated heterocycles. The number of rotatable bonds is 49. The van der Waals surface area contributed by atoms with Crippen molar-refractivity contribution in [2.75, 3.05) is 13.2 Å². The minimum atomic E-state index is -0.816. The van der Waals surface area contributed by atoms with E-state index in [0.29, 0.717) is 19.3 Å². The predicted octanol–water partition coefficient (Wildman–Crippen LogP) is 18.5. The predicted molar refractivity (Wildman–Crippen MR) is 288 cm³/mol. The Kier molecular flexibility index (Phi) is 51.9. The van der Waals surface area contributed by atoms with E-state index in [-0.39, 0.29) is 37.5 Å². The van der Waals surface area contributed by atoms with Crippen LogP contribution in [-0.4, -0.2) is 37.2 Å². The molecule has 0 N–H and O–H groups in total. The van der Waals surface area contributed by atoms with Gasteiger partial charge >= 0.3 is 17.9 Å². The van der Waals surface area contributed by atoms with E-state index >= 15 is 0 Å². The normalized spacial score (nSPS) is 12.8. The molecular formula is C61H102O6. The molecule has 0 aromatic rings. The monoisotopic (exact) mass is 931 g/mol. The van der Waals surface area contributed by atoms with E-state index in [1.165, 1.54) is 103 Å². The average Bonchev–Trinajstić information content (AvgIpc) is 3.33. The Balaban J connectivity index is 4.50. The van der Waals surface area contributed by atoms with Crippen LogP contribution in [0.5, 0.6) is 0 Å². The number of ether oxygens (including phenoxy) is 3. The molecule has 0 heterocycles. The molecule has 0 saturated carbocycles. The van der Waals surface area contributed by atoms with Crippen molar-refractivity contribution in [1.82, 2.24) is 0 Å². The maximum absolute atomic E-state index is 12.8. The molecule has 0 aromatic heterocycles. The van der Waals surface area contributed by atoms with Crippen LogP contribution in [0.15, 0.2) is 97.2 Å². The van der Waals surface area contributed by atoms with E-state index in [1.807, 2.05) is 6.08 Å². The summed E-state index contributed by atoms with van der Waals surface area (Å²) in [6.07, 6.45) is 72.6. The van der Waals surface area contributed by atoms with Crippen LogP contribution in [0.4, 0.5) is 0 Å². The quantitative estimate of drug-likeness (QED) is 0.0262. The Bertz CT molecular complexity index is 1350. The Labute approximate surface area is 413 Å². The summed E-state index contributed by atoms with van der Waals surface area (Å²) in [6.45, 7) is 6.42. The number of hydrogen-bond donors (Lipinski definition) is 0. The fourth-order valence-corrected chi connectivity index (χ4v) is 7.40. The molecule has 1 unspecified atom stereocenters. The van der Waals surface area contributed by atoms with E-state index in [0.717, 1.165) is 103 Å². The Morgan fingerprint density at radius 3 is 1.03 bits per heavy atom. The van der Waals surface area contributed by atoms with Gasteiger partial charge in [-0.3, -0.25) is 14.4 Å². The van der Waals surface area contributed by atoms with Crippen molar-refractivity contribution in [3.8, 4) is 0 Å². The lowest BCUT2D eigenvalue weighted by Crippen LogP contribution is -2.30. The number of hydrogen-bond acceptors (Lipinski definition) is 6. The molecule has 382 valence electrons. The van der Waals surface area contributed by atoms with Crippen molar-refractivity contribution >= 4 is 17.9 Å². The van der Waals surface area contributed by atoms with Crippen molar-refractivity contribution in [1.29, 1.82) is 0 Å². The van der Waals surface area contributed by atoms with E-state index in [9.17, 15) is 14.4 Å². The van der Waals surface area contributed by atoms with Gasteiger partial charge in [0.15, 0.2) is 6.10 Å². The summed E-state index contributed by atoms with van der Waals surface area (Å²) >= 11 is 0. The summed E-state index contributed by atoms with van der Waals surface area (Å²) in [5, 5.41) is 0. The maximum atomic E-state index is 12.8. The topological polar surface area (TPSA) is 78.9 Å². The number of carbonyl (C=O) groups is 3. The van der Waals surface area contributed by atoms with Gasteiger partial charge in [0.25, 0.3) is 0 Å². The zero-order valence-corrected chi connectivity index (χ0v) is 43.6. The van der Waals surface area contributed by atoms with E-state index in [4.69, 9.17) is 14.2 Å². The van der Waals surface area contributed by atoms with Gasteiger partial charge in [-0.25, -0.2) is 0 Å². The van der Waals surface area contributed by atoms with Crippen molar-refractivity contribution in [2.45, 2.75) is 258 Å². The van der Waals surface area contributed by atoms with Crippen molar-refractivity contribution in [3.63, 3.8) is 0 Å². The van der Waals surface area contributed by atoms with Gasteiger partial charge in [0.05, 0.1) is 0 Å². The fourth-order valence-electron chi connectivity index (χ4n) is 7.40. The Hall–Kier alpha value is -3.67. The largest absolute Gasteiger partial charge is 0.462 e. The highest BCUT2D eigenvalue weighted by Gasteiger charge is 2.19. The molecule has 0 aliphatic carbocycles. The second-order valence-electron chi connectivity index (χ2n) is 18.1. The van der Waals surface area contributed by atoms with Crippen LogP contribution >= 0.6 is 0 Å². The zero-order chi connectivity index (χ0) is 48.6. The van der Waals surface area contributed by atoms with E-state index < -0.39 is 6.10 Å². The first-order valence-corrected chi connectivity index (χ1v) is 27.7. The lowest BCUT2D eigenvalue weighted by atomic mass is 10.1. The lowest BCUT2D eigenvalue weighted by molar-refractivity contribution is -0.166. The summed E-state index contributed by atoms with van der Waals surface area (Å²) in [4.78, 5) is 38.0. The second kappa shape index (κ2) is 54.9. The summed E-state index contributed by atoms with van der Waals surface area (Å²) in [6, 6.07) is 0. The van der Waals surface area contributed by atoms with Gasteiger partial charge < -0.3 is 14.2 Å². The third-order valence-corrected chi connectivity index (χ3v) is 11.6. The molecule has 0 amide bonds. The number of allylic oxidation sites excluding steroid dienone is 16. The molecule has 0 aliphatic rings. The van der Waals surface area contributed by atoms with Crippen LogP contribution in [0.3, 0.4) is 0 Å². The summed E-state index contributed by atoms with van der Waals surface area (Å²) in [5.74, 6) is -1.01.